The second-order valence-corrected chi connectivity index (χ2v) is 5.97. The number of aromatic nitrogens is 2. The number of hydrogen-bond acceptors (Lipinski definition) is 2. The van der Waals surface area contributed by atoms with Crippen molar-refractivity contribution in [2.75, 3.05) is 7.05 Å². The SMILES string of the molecule is CN(Cc1cccc(F)c1)C(=O)c1c[nH]c(=S)n1-c1ccc(F)cc1. The van der Waals surface area contributed by atoms with E-state index in [1.54, 1.807) is 35.9 Å². The van der Waals surface area contributed by atoms with Crippen LogP contribution in [0.5, 0.6) is 0 Å². The number of aromatic amines is 1. The van der Waals surface area contributed by atoms with E-state index in [4.69, 9.17) is 12.2 Å². The Balaban J connectivity index is 1.90. The average Bonchev–Trinajstić information content (AvgIpc) is 2.96. The molecule has 0 aliphatic heterocycles. The highest BCUT2D eigenvalue weighted by Crippen LogP contribution is 2.16. The molecule has 1 aromatic heterocycles. The van der Waals surface area contributed by atoms with Crippen LogP contribution in [0.3, 0.4) is 0 Å². The lowest BCUT2D eigenvalue weighted by atomic mass is 10.2. The minimum absolute atomic E-state index is 0.248. The molecule has 1 heterocycles. The summed E-state index contributed by atoms with van der Waals surface area (Å²) in [6.07, 6.45) is 1.51. The van der Waals surface area contributed by atoms with Crippen molar-refractivity contribution in [3.63, 3.8) is 0 Å². The van der Waals surface area contributed by atoms with Crippen molar-refractivity contribution in [2.45, 2.75) is 6.54 Å². The summed E-state index contributed by atoms with van der Waals surface area (Å²) in [7, 11) is 1.62. The number of nitrogens with zero attached hydrogens (tertiary/aromatic N) is 2. The van der Waals surface area contributed by atoms with Crippen LogP contribution in [0.15, 0.2) is 54.7 Å². The molecule has 128 valence electrons. The van der Waals surface area contributed by atoms with Crippen LogP contribution in [0.2, 0.25) is 0 Å². The normalized spacial score (nSPS) is 10.7. The monoisotopic (exact) mass is 359 g/mol. The highest BCUT2D eigenvalue weighted by atomic mass is 32.1. The molecule has 0 spiro atoms. The number of hydrogen-bond donors (Lipinski definition) is 1. The molecule has 3 aromatic rings. The van der Waals surface area contributed by atoms with Crippen molar-refractivity contribution in [2.24, 2.45) is 0 Å². The van der Waals surface area contributed by atoms with Crippen LogP contribution < -0.4 is 0 Å². The van der Waals surface area contributed by atoms with Crippen molar-refractivity contribution >= 4 is 18.1 Å². The first kappa shape index (κ1) is 17.0. The van der Waals surface area contributed by atoms with Crippen molar-refractivity contribution < 1.29 is 13.6 Å². The average molecular weight is 359 g/mol. The molecule has 0 bridgehead atoms. The van der Waals surface area contributed by atoms with Crippen LogP contribution in [0.25, 0.3) is 5.69 Å². The van der Waals surface area contributed by atoms with E-state index in [2.05, 4.69) is 4.98 Å². The van der Waals surface area contributed by atoms with E-state index < -0.39 is 0 Å². The molecule has 2 aromatic carbocycles. The zero-order valence-electron chi connectivity index (χ0n) is 13.4. The fourth-order valence-corrected chi connectivity index (χ4v) is 2.81. The maximum Gasteiger partial charge on any atom is 0.272 e. The molecule has 0 aliphatic carbocycles. The van der Waals surface area contributed by atoms with Crippen LogP contribution in [-0.2, 0) is 6.54 Å². The summed E-state index contributed by atoms with van der Waals surface area (Å²) in [6.45, 7) is 0.248. The third kappa shape index (κ3) is 3.66. The van der Waals surface area contributed by atoms with Gasteiger partial charge in [-0.3, -0.25) is 9.36 Å². The highest BCUT2D eigenvalue weighted by molar-refractivity contribution is 7.71. The molecule has 7 heteroatoms. The van der Waals surface area contributed by atoms with Crippen LogP contribution >= 0.6 is 12.2 Å². The van der Waals surface area contributed by atoms with Gasteiger partial charge in [0.1, 0.15) is 17.3 Å². The van der Waals surface area contributed by atoms with Gasteiger partial charge >= 0.3 is 0 Å². The molecule has 1 N–H and O–H groups in total. The maximum atomic E-state index is 13.3. The summed E-state index contributed by atoms with van der Waals surface area (Å²) in [6, 6.07) is 11.8. The van der Waals surface area contributed by atoms with Gasteiger partial charge in [0.25, 0.3) is 5.91 Å². The number of carbonyl (C=O) groups excluding carboxylic acids is 1. The molecular formula is C18H15F2N3OS. The van der Waals surface area contributed by atoms with E-state index in [1.165, 1.54) is 35.4 Å². The molecule has 0 saturated heterocycles. The van der Waals surface area contributed by atoms with Gasteiger partial charge in [-0.15, -0.1) is 0 Å². The fourth-order valence-electron chi connectivity index (χ4n) is 2.55. The lowest BCUT2D eigenvalue weighted by molar-refractivity contribution is 0.0777. The lowest BCUT2D eigenvalue weighted by Gasteiger charge is -2.18. The Morgan fingerprint density at radius 2 is 1.88 bits per heavy atom. The first-order chi connectivity index (χ1) is 12.0. The second-order valence-electron chi connectivity index (χ2n) is 5.58. The van der Waals surface area contributed by atoms with Gasteiger partial charge in [0, 0.05) is 25.5 Å². The molecule has 0 unspecified atom stereocenters. The summed E-state index contributed by atoms with van der Waals surface area (Å²) < 4.78 is 28.3. The van der Waals surface area contributed by atoms with Gasteiger partial charge in [-0.05, 0) is 54.2 Å². The molecule has 3 rings (SSSR count). The van der Waals surface area contributed by atoms with Crippen LogP contribution in [-0.4, -0.2) is 27.4 Å². The Morgan fingerprint density at radius 1 is 1.16 bits per heavy atom. The van der Waals surface area contributed by atoms with Gasteiger partial charge in [0.2, 0.25) is 0 Å². The number of nitrogens with one attached hydrogen (secondary N) is 1. The van der Waals surface area contributed by atoms with E-state index in [0.29, 0.717) is 21.7 Å². The fraction of sp³-hybridized carbons (Fsp3) is 0.111. The van der Waals surface area contributed by atoms with Gasteiger partial charge in [-0.2, -0.15) is 0 Å². The Kier molecular flexibility index (Phi) is 4.76. The molecule has 0 radical (unpaired) electrons. The smallest absolute Gasteiger partial charge is 0.272 e. The summed E-state index contributed by atoms with van der Waals surface area (Å²) in [5, 5.41) is 0. The second kappa shape index (κ2) is 6.98. The third-order valence-electron chi connectivity index (χ3n) is 3.74. The van der Waals surface area contributed by atoms with Crippen molar-refractivity contribution in [1.29, 1.82) is 0 Å². The van der Waals surface area contributed by atoms with E-state index in [1.807, 2.05) is 0 Å². The van der Waals surface area contributed by atoms with Gasteiger partial charge in [-0.1, -0.05) is 12.1 Å². The van der Waals surface area contributed by atoms with Crippen molar-refractivity contribution in [3.05, 3.63) is 82.4 Å². The van der Waals surface area contributed by atoms with E-state index in [-0.39, 0.29) is 24.1 Å². The minimum atomic E-state index is -0.373. The van der Waals surface area contributed by atoms with Gasteiger partial charge in [0.15, 0.2) is 4.77 Å². The molecule has 25 heavy (non-hydrogen) atoms. The van der Waals surface area contributed by atoms with Gasteiger partial charge in [0.05, 0.1) is 0 Å². The Hall–Kier alpha value is -2.80. The standard InChI is InChI=1S/C18H15F2N3OS/c1-22(11-12-3-2-4-14(20)9-12)17(24)16-10-21-18(25)23(16)15-7-5-13(19)6-8-15/h2-10H,11H2,1H3,(H,21,25). The Morgan fingerprint density at radius 3 is 2.56 bits per heavy atom. The molecule has 0 aliphatic rings. The summed E-state index contributed by atoms with van der Waals surface area (Å²) in [4.78, 5) is 17.1. The number of imidazole rings is 1. The number of carbonyl (C=O) groups is 1. The molecular weight excluding hydrogens is 344 g/mol. The zero-order chi connectivity index (χ0) is 18.0. The maximum absolute atomic E-state index is 13.3. The predicted octanol–water partition coefficient (Wildman–Crippen LogP) is 4.09. The Bertz CT molecular complexity index is 963. The third-order valence-corrected chi connectivity index (χ3v) is 4.04. The highest BCUT2D eigenvalue weighted by Gasteiger charge is 2.18. The molecule has 1 amide bonds. The quantitative estimate of drug-likeness (QED) is 0.713. The summed E-state index contributed by atoms with van der Waals surface area (Å²) >= 11 is 5.23. The van der Waals surface area contributed by atoms with Crippen LogP contribution in [0.4, 0.5) is 8.78 Å². The summed E-state index contributed by atoms with van der Waals surface area (Å²) in [5.41, 5.74) is 1.57. The first-order valence-electron chi connectivity index (χ1n) is 7.52. The number of amides is 1. The minimum Gasteiger partial charge on any atom is -0.336 e. The topological polar surface area (TPSA) is 41.0 Å². The van der Waals surface area contributed by atoms with Crippen molar-refractivity contribution in [1.82, 2.24) is 14.5 Å². The first-order valence-corrected chi connectivity index (χ1v) is 7.93. The molecule has 0 saturated carbocycles. The van der Waals surface area contributed by atoms with E-state index in [9.17, 15) is 13.6 Å². The summed E-state index contributed by atoms with van der Waals surface area (Å²) in [5.74, 6) is -1.02. The number of benzene rings is 2. The lowest BCUT2D eigenvalue weighted by Crippen LogP contribution is -2.28. The van der Waals surface area contributed by atoms with E-state index in [0.717, 1.165) is 0 Å². The molecule has 0 atom stereocenters. The molecule has 0 fully saturated rings. The van der Waals surface area contributed by atoms with Crippen LogP contribution in [0, 0.1) is 16.4 Å². The zero-order valence-corrected chi connectivity index (χ0v) is 14.2. The van der Waals surface area contributed by atoms with Crippen molar-refractivity contribution in [3.8, 4) is 5.69 Å². The van der Waals surface area contributed by atoms with Gasteiger partial charge < -0.3 is 9.88 Å². The predicted molar refractivity (Wildman–Crippen MR) is 93.1 cm³/mol. The molecule has 4 nitrogen and oxygen atoms in total. The number of H-pyrrole nitrogens is 1. The largest absolute Gasteiger partial charge is 0.336 e. The van der Waals surface area contributed by atoms with E-state index >= 15 is 0 Å². The van der Waals surface area contributed by atoms with Crippen LogP contribution in [0.1, 0.15) is 16.1 Å². The Labute approximate surface area is 148 Å². The van der Waals surface area contributed by atoms with Gasteiger partial charge in [-0.25, -0.2) is 8.78 Å². The number of halogens is 2. The number of rotatable bonds is 4.